The lowest BCUT2D eigenvalue weighted by molar-refractivity contribution is -0.275. The van der Waals surface area contributed by atoms with Gasteiger partial charge in [-0.3, -0.25) is 0 Å². The summed E-state index contributed by atoms with van der Waals surface area (Å²) in [5.41, 5.74) is -2.04. The topological polar surface area (TPSA) is 55.1 Å². The lowest BCUT2D eigenvalue weighted by atomic mass is 10.2. The summed E-state index contributed by atoms with van der Waals surface area (Å²) >= 11 is 0. The molecule has 0 saturated carbocycles. The highest BCUT2D eigenvalue weighted by Crippen LogP contribution is 2.36. The maximum absolute atomic E-state index is 12.6. The number of halogens is 5. The third-order valence-corrected chi connectivity index (χ3v) is 1.75. The van der Waals surface area contributed by atoms with Crippen molar-refractivity contribution in [3.63, 3.8) is 0 Å². The fraction of sp³-hybridized carbons (Fsp3) is 0.333. The summed E-state index contributed by atoms with van der Waals surface area (Å²) in [7, 11) is 1.07. The second-order valence-corrected chi connectivity index (χ2v) is 2.89. The second-order valence-electron chi connectivity index (χ2n) is 2.89. The first-order valence-electron chi connectivity index (χ1n) is 4.31. The number of hydrogen-bond acceptors (Lipinski definition) is 4. The molecule has 0 bridgehead atoms. The molecule has 0 N–H and O–H groups in total. The highest BCUT2D eigenvalue weighted by atomic mass is 19.4. The molecule has 0 amide bonds. The van der Waals surface area contributed by atoms with E-state index in [0.29, 0.717) is 6.07 Å². The number of hydrogen-bond donors (Lipinski definition) is 0. The van der Waals surface area contributed by atoms with Crippen molar-refractivity contribution >= 4 is 0 Å². The Morgan fingerprint density at radius 1 is 1.39 bits per heavy atom. The van der Waals surface area contributed by atoms with Gasteiger partial charge < -0.3 is 9.47 Å². The fourth-order valence-electron chi connectivity index (χ4n) is 1.09. The van der Waals surface area contributed by atoms with Crippen LogP contribution in [-0.2, 0) is 0 Å². The van der Waals surface area contributed by atoms with Crippen LogP contribution in [0, 0.1) is 11.3 Å². The Balaban J connectivity index is 3.41. The molecule has 18 heavy (non-hydrogen) atoms. The van der Waals surface area contributed by atoms with Crippen molar-refractivity contribution in [1.29, 1.82) is 5.26 Å². The van der Waals surface area contributed by atoms with Gasteiger partial charge in [-0.05, 0) is 0 Å². The number of methoxy groups -OCH3 is 1. The van der Waals surface area contributed by atoms with Crippen LogP contribution in [0.25, 0.3) is 0 Å². The molecule has 1 rings (SSSR count). The quantitative estimate of drug-likeness (QED) is 0.791. The molecule has 0 atom stereocenters. The third-order valence-electron chi connectivity index (χ3n) is 1.75. The van der Waals surface area contributed by atoms with Gasteiger partial charge in [-0.25, -0.2) is 8.78 Å². The van der Waals surface area contributed by atoms with E-state index < -0.39 is 35.7 Å². The minimum atomic E-state index is -5.20. The maximum atomic E-state index is 12.6. The molecule has 0 unspecified atom stereocenters. The van der Waals surface area contributed by atoms with Gasteiger partial charge in [-0.15, -0.1) is 13.2 Å². The van der Waals surface area contributed by atoms with Crippen LogP contribution in [0.4, 0.5) is 22.0 Å². The van der Waals surface area contributed by atoms with Gasteiger partial charge in [-0.1, -0.05) is 0 Å². The van der Waals surface area contributed by atoms with E-state index in [4.69, 9.17) is 5.26 Å². The smallest absolute Gasteiger partial charge is 0.481 e. The monoisotopic (exact) mass is 268 g/mol. The number of aromatic nitrogens is 1. The second kappa shape index (κ2) is 5.03. The number of nitriles is 1. The van der Waals surface area contributed by atoms with Crippen molar-refractivity contribution in [2.24, 2.45) is 0 Å². The SMILES string of the molecule is COc1cc(C(F)F)c(OC(F)(F)F)c(C#N)n1. The Kier molecular flexibility index (Phi) is 3.90. The summed E-state index contributed by atoms with van der Waals surface area (Å²) < 4.78 is 69.2. The number of pyridine rings is 1. The van der Waals surface area contributed by atoms with Gasteiger partial charge in [0.15, 0.2) is 11.4 Å². The first-order valence-corrected chi connectivity index (χ1v) is 4.31. The summed E-state index contributed by atoms with van der Waals surface area (Å²) in [5.74, 6) is -1.72. The molecule has 4 nitrogen and oxygen atoms in total. The van der Waals surface area contributed by atoms with E-state index in [2.05, 4.69) is 14.5 Å². The normalized spacial score (nSPS) is 11.2. The number of ether oxygens (including phenoxy) is 2. The van der Waals surface area contributed by atoms with Crippen LogP contribution < -0.4 is 9.47 Å². The minimum absolute atomic E-state index is 0.406. The Bertz CT molecular complexity index is 481. The molecule has 0 aliphatic carbocycles. The molecule has 9 heteroatoms. The largest absolute Gasteiger partial charge is 0.573 e. The Hall–Kier alpha value is -2.11. The van der Waals surface area contributed by atoms with Crippen LogP contribution in [0.5, 0.6) is 11.6 Å². The number of alkyl halides is 5. The highest BCUT2D eigenvalue weighted by molar-refractivity contribution is 5.47. The van der Waals surface area contributed by atoms with Crippen LogP contribution in [0.2, 0.25) is 0 Å². The third kappa shape index (κ3) is 3.19. The molecule has 0 spiro atoms. The van der Waals surface area contributed by atoms with Crippen molar-refractivity contribution in [3.05, 3.63) is 17.3 Å². The van der Waals surface area contributed by atoms with Gasteiger partial charge in [0, 0.05) is 6.07 Å². The van der Waals surface area contributed by atoms with Crippen LogP contribution in [0.3, 0.4) is 0 Å². The Labute approximate surface area is 97.6 Å². The average Bonchev–Trinajstić information content (AvgIpc) is 2.26. The lowest BCUT2D eigenvalue weighted by Crippen LogP contribution is -2.19. The number of rotatable bonds is 3. The molecule has 98 valence electrons. The molecule has 0 aromatic carbocycles. The maximum Gasteiger partial charge on any atom is 0.573 e. The van der Waals surface area contributed by atoms with Crippen molar-refractivity contribution in [1.82, 2.24) is 4.98 Å². The standard InChI is InChI=1S/C9H5F5N2O2/c1-17-6-2-4(8(10)11)7(5(3-15)16-6)18-9(12,13)14/h2,8H,1H3. The molecule has 0 aliphatic heterocycles. The molecule has 1 aromatic heterocycles. The van der Waals surface area contributed by atoms with E-state index in [-0.39, 0.29) is 0 Å². The summed E-state index contributed by atoms with van der Waals surface area (Å²) in [6.07, 6.45) is -8.47. The fourth-order valence-corrected chi connectivity index (χ4v) is 1.09. The molecule has 0 fully saturated rings. The summed E-state index contributed by atoms with van der Waals surface area (Å²) in [6.45, 7) is 0. The van der Waals surface area contributed by atoms with E-state index in [0.717, 1.165) is 7.11 Å². The lowest BCUT2D eigenvalue weighted by Gasteiger charge is -2.14. The first-order chi connectivity index (χ1) is 8.28. The molecular weight excluding hydrogens is 263 g/mol. The van der Waals surface area contributed by atoms with E-state index in [1.165, 1.54) is 6.07 Å². The minimum Gasteiger partial charge on any atom is -0.481 e. The van der Waals surface area contributed by atoms with Crippen molar-refractivity contribution in [2.75, 3.05) is 7.11 Å². The number of nitrogens with zero attached hydrogens (tertiary/aromatic N) is 2. The molecule has 1 aromatic rings. The van der Waals surface area contributed by atoms with E-state index in [1.807, 2.05) is 0 Å². The predicted octanol–water partition coefficient (Wildman–Crippen LogP) is 2.80. The van der Waals surface area contributed by atoms with Crippen LogP contribution in [0.15, 0.2) is 6.07 Å². The summed E-state index contributed by atoms with van der Waals surface area (Å²) in [4.78, 5) is 3.30. The summed E-state index contributed by atoms with van der Waals surface area (Å²) in [6, 6.07) is 1.81. The van der Waals surface area contributed by atoms with Gasteiger partial charge in [0.2, 0.25) is 5.88 Å². The average molecular weight is 268 g/mol. The van der Waals surface area contributed by atoms with Crippen LogP contribution in [0.1, 0.15) is 17.7 Å². The van der Waals surface area contributed by atoms with Gasteiger partial charge in [0.1, 0.15) is 6.07 Å². The van der Waals surface area contributed by atoms with Crippen molar-refractivity contribution in [3.8, 4) is 17.7 Å². The van der Waals surface area contributed by atoms with Gasteiger partial charge in [0.25, 0.3) is 6.43 Å². The zero-order valence-electron chi connectivity index (χ0n) is 8.76. The van der Waals surface area contributed by atoms with E-state index in [9.17, 15) is 22.0 Å². The van der Waals surface area contributed by atoms with E-state index >= 15 is 0 Å². The first kappa shape index (κ1) is 14.0. The van der Waals surface area contributed by atoms with Crippen LogP contribution >= 0.6 is 0 Å². The van der Waals surface area contributed by atoms with Crippen LogP contribution in [-0.4, -0.2) is 18.5 Å². The van der Waals surface area contributed by atoms with Crippen molar-refractivity contribution < 1.29 is 31.4 Å². The predicted molar refractivity (Wildman–Crippen MR) is 47.1 cm³/mol. The van der Waals surface area contributed by atoms with E-state index in [1.54, 1.807) is 0 Å². The highest BCUT2D eigenvalue weighted by Gasteiger charge is 2.35. The van der Waals surface area contributed by atoms with Gasteiger partial charge in [0.05, 0.1) is 12.7 Å². The molecule has 1 heterocycles. The van der Waals surface area contributed by atoms with Crippen molar-refractivity contribution in [2.45, 2.75) is 12.8 Å². The van der Waals surface area contributed by atoms with Gasteiger partial charge in [-0.2, -0.15) is 10.2 Å². The zero-order chi connectivity index (χ0) is 13.9. The zero-order valence-corrected chi connectivity index (χ0v) is 8.76. The molecule has 0 saturated heterocycles. The Morgan fingerprint density at radius 3 is 2.39 bits per heavy atom. The molecule has 0 aliphatic rings. The summed E-state index contributed by atoms with van der Waals surface area (Å²) in [5, 5.41) is 8.58. The molecular formula is C9H5F5N2O2. The Morgan fingerprint density at radius 2 is 2.00 bits per heavy atom. The van der Waals surface area contributed by atoms with Gasteiger partial charge >= 0.3 is 6.36 Å². The molecule has 0 radical (unpaired) electrons.